The van der Waals surface area contributed by atoms with Crippen molar-refractivity contribution in [3.05, 3.63) is 24.3 Å². The summed E-state index contributed by atoms with van der Waals surface area (Å²) in [4.78, 5) is 26.3. The van der Waals surface area contributed by atoms with Gasteiger partial charge in [-0.05, 0) is 44.3 Å². The van der Waals surface area contributed by atoms with Gasteiger partial charge in [0.25, 0.3) is 0 Å². The summed E-state index contributed by atoms with van der Waals surface area (Å²) in [5, 5.41) is 2.95. The monoisotopic (exact) mass is 307 g/mol. The fourth-order valence-corrected chi connectivity index (χ4v) is 3.07. The zero-order valence-electron chi connectivity index (χ0n) is 12.2. The molecule has 1 saturated heterocycles. The smallest absolute Gasteiger partial charge is 0.238 e. The van der Waals surface area contributed by atoms with Crippen molar-refractivity contribution in [3.8, 4) is 0 Å². The van der Waals surface area contributed by atoms with E-state index in [0.717, 1.165) is 36.5 Å². The molecule has 1 aliphatic heterocycles. The van der Waals surface area contributed by atoms with Crippen LogP contribution in [0, 0.1) is 5.92 Å². The molecule has 1 aromatic carbocycles. The minimum absolute atomic E-state index is 0.0194. The lowest BCUT2D eigenvalue weighted by Crippen LogP contribution is -2.42. The summed E-state index contributed by atoms with van der Waals surface area (Å²) in [7, 11) is 0. The summed E-state index contributed by atoms with van der Waals surface area (Å²) >= 11 is 1.61. The van der Waals surface area contributed by atoms with Crippen LogP contribution in [-0.4, -0.2) is 42.6 Å². The lowest BCUT2D eigenvalue weighted by molar-refractivity contribution is -0.123. The van der Waals surface area contributed by atoms with Crippen LogP contribution in [0.3, 0.4) is 0 Å². The minimum Gasteiger partial charge on any atom is -0.369 e. The number of nitrogens with one attached hydrogen (secondary N) is 1. The van der Waals surface area contributed by atoms with Gasteiger partial charge in [0.1, 0.15) is 0 Å². The van der Waals surface area contributed by atoms with Crippen LogP contribution >= 0.6 is 11.8 Å². The molecule has 6 heteroatoms. The van der Waals surface area contributed by atoms with Crippen LogP contribution in [-0.2, 0) is 9.59 Å². The van der Waals surface area contributed by atoms with Gasteiger partial charge in [0, 0.05) is 10.8 Å². The third-order valence-electron chi connectivity index (χ3n) is 3.74. The van der Waals surface area contributed by atoms with Gasteiger partial charge in [-0.1, -0.05) is 12.1 Å². The molecule has 0 aromatic heterocycles. The molecule has 0 bridgehead atoms. The predicted molar refractivity (Wildman–Crippen MR) is 85.2 cm³/mol. The van der Waals surface area contributed by atoms with Crippen molar-refractivity contribution in [3.63, 3.8) is 0 Å². The number of anilines is 1. The SMILES string of the molecule is CSc1ccccc1NC(=O)CN1CCC(C(N)=O)CC1. The van der Waals surface area contributed by atoms with Gasteiger partial charge in [0.15, 0.2) is 0 Å². The second-order valence-electron chi connectivity index (χ2n) is 5.20. The fourth-order valence-electron chi connectivity index (χ4n) is 2.52. The zero-order chi connectivity index (χ0) is 15.2. The van der Waals surface area contributed by atoms with Gasteiger partial charge in [-0.3, -0.25) is 14.5 Å². The van der Waals surface area contributed by atoms with Crippen molar-refractivity contribution >= 4 is 29.3 Å². The number of carbonyl (C=O) groups excluding carboxylic acids is 2. The van der Waals surface area contributed by atoms with Crippen LogP contribution in [0.5, 0.6) is 0 Å². The van der Waals surface area contributed by atoms with E-state index in [4.69, 9.17) is 5.73 Å². The van der Waals surface area contributed by atoms with Crippen LogP contribution in [0.15, 0.2) is 29.2 Å². The van der Waals surface area contributed by atoms with E-state index in [2.05, 4.69) is 10.2 Å². The molecule has 0 atom stereocenters. The highest BCUT2D eigenvalue weighted by Gasteiger charge is 2.24. The molecule has 0 saturated carbocycles. The predicted octanol–water partition coefficient (Wildman–Crippen LogP) is 1.54. The van der Waals surface area contributed by atoms with Crippen molar-refractivity contribution in [1.29, 1.82) is 0 Å². The Morgan fingerprint density at radius 2 is 2.00 bits per heavy atom. The molecule has 114 valence electrons. The van der Waals surface area contributed by atoms with Crippen LogP contribution in [0.25, 0.3) is 0 Å². The molecule has 0 unspecified atom stereocenters. The summed E-state index contributed by atoms with van der Waals surface area (Å²) in [5.41, 5.74) is 6.16. The minimum atomic E-state index is -0.229. The van der Waals surface area contributed by atoms with E-state index in [1.807, 2.05) is 30.5 Å². The molecule has 0 radical (unpaired) electrons. The summed E-state index contributed by atoms with van der Waals surface area (Å²) in [6, 6.07) is 7.76. The first-order chi connectivity index (χ1) is 10.1. The molecule has 0 spiro atoms. The molecule has 21 heavy (non-hydrogen) atoms. The maximum Gasteiger partial charge on any atom is 0.238 e. The molecule has 1 heterocycles. The Balaban J connectivity index is 1.84. The standard InChI is InChI=1S/C15H21N3O2S/c1-21-13-5-3-2-4-12(13)17-14(19)10-18-8-6-11(7-9-18)15(16)20/h2-5,11H,6-10H2,1H3,(H2,16,20)(H,17,19). The molecular formula is C15H21N3O2S. The van der Waals surface area contributed by atoms with Gasteiger partial charge in [0.05, 0.1) is 12.2 Å². The van der Waals surface area contributed by atoms with Gasteiger partial charge in [-0.25, -0.2) is 0 Å². The summed E-state index contributed by atoms with van der Waals surface area (Å²) in [6.45, 7) is 1.84. The number of likely N-dealkylation sites (tertiary alicyclic amines) is 1. The highest BCUT2D eigenvalue weighted by molar-refractivity contribution is 7.98. The van der Waals surface area contributed by atoms with E-state index in [1.165, 1.54) is 0 Å². The van der Waals surface area contributed by atoms with Gasteiger partial charge < -0.3 is 11.1 Å². The fraction of sp³-hybridized carbons (Fsp3) is 0.467. The van der Waals surface area contributed by atoms with E-state index in [1.54, 1.807) is 11.8 Å². The number of carbonyl (C=O) groups is 2. The second kappa shape index (κ2) is 7.47. The number of benzene rings is 1. The molecular weight excluding hydrogens is 286 g/mol. The molecule has 2 rings (SSSR count). The molecule has 1 aromatic rings. The first kappa shape index (κ1) is 15.9. The number of nitrogens with two attached hydrogens (primary N) is 1. The quantitative estimate of drug-likeness (QED) is 0.809. The van der Waals surface area contributed by atoms with E-state index in [-0.39, 0.29) is 17.7 Å². The maximum atomic E-state index is 12.1. The molecule has 1 aliphatic rings. The summed E-state index contributed by atoms with van der Waals surface area (Å²) in [6.07, 6.45) is 3.47. The van der Waals surface area contributed by atoms with Crippen molar-refractivity contribution in [2.24, 2.45) is 11.7 Å². The second-order valence-corrected chi connectivity index (χ2v) is 6.05. The molecule has 1 fully saturated rings. The van der Waals surface area contributed by atoms with Gasteiger partial charge in [-0.2, -0.15) is 0 Å². The van der Waals surface area contributed by atoms with Gasteiger partial charge in [0.2, 0.25) is 11.8 Å². The highest BCUT2D eigenvalue weighted by atomic mass is 32.2. The Hall–Kier alpha value is -1.53. The molecule has 3 N–H and O–H groups in total. The first-order valence-corrected chi connectivity index (χ1v) is 8.27. The van der Waals surface area contributed by atoms with E-state index in [9.17, 15) is 9.59 Å². The number of thioether (sulfide) groups is 1. The third kappa shape index (κ3) is 4.47. The lowest BCUT2D eigenvalue weighted by Gasteiger charge is -2.29. The molecule has 2 amide bonds. The van der Waals surface area contributed by atoms with Crippen molar-refractivity contribution in [2.75, 3.05) is 31.2 Å². The number of hydrogen-bond donors (Lipinski definition) is 2. The average molecular weight is 307 g/mol. The largest absolute Gasteiger partial charge is 0.369 e. The number of nitrogens with zero attached hydrogens (tertiary/aromatic N) is 1. The lowest BCUT2D eigenvalue weighted by atomic mass is 9.96. The Kier molecular flexibility index (Phi) is 5.64. The normalized spacial score (nSPS) is 16.6. The molecule has 5 nitrogen and oxygen atoms in total. The summed E-state index contributed by atoms with van der Waals surface area (Å²) in [5.74, 6) is -0.288. The average Bonchev–Trinajstić information content (AvgIpc) is 2.48. The Morgan fingerprint density at radius 1 is 1.33 bits per heavy atom. The number of hydrogen-bond acceptors (Lipinski definition) is 4. The van der Waals surface area contributed by atoms with E-state index in [0.29, 0.717) is 6.54 Å². The Morgan fingerprint density at radius 3 is 2.62 bits per heavy atom. The number of amides is 2. The van der Waals surface area contributed by atoms with Crippen molar-refractivity contribution < 1.29 is 9.59 Å². The van der Waals surface area contributed by atoms with Gasteiger partial charge in [-0.15, -0.1) is 11.8 Å². The van der Waals surface area contributed by atoms with E-state index >= 15 is 0 Å². The third-order valence-corrected chi connectivity index (χ3v) is 4.53. The number of rotatable bonds is 5. The topological polar surface area (TPSA) is 75.4 Å². The van der Waals surface area contributed by atoms with Crippen LogP contribution in [0.2, 0.25) is 0 Å². The van der Waals surface area contributed by atoms with Crippen LogP contribution < -0.4 is 11.1 Å². The first-order valence-electron chi connectivity index (χ1n) is 7.04. The Labute approximate surface area is 129 Å². The Bertz CT molecular complexity index is 513. The van der Waals surface area contributed by atoms with Crippen molar-refractivity contribution in [1.82, 2.24) is 4.90 Å². The number of piperidine rings is 1. The number of primary amides is 1. The van der Waals surface area contributed by atoms with Crippen molar-refractivity contribution in [2.45, 2.75) is 17.7 Å². The highest BCUT2D eigenvalue weighted by Crippen LogP contribution is 2.24. The van der Waals surface area contributed by atoms with Gasteiger partial charge >= 0.3 is 0 Å². The molecule has 0 aliphatic carbocycles. The van der Waals surface area contributed by atoms with Crippen LogP contribution in [0.1, 0.15) is 12.8 Å². The zero-order valence-corrected chi connectivity index (χ0v) is 13.0. The van der Waals surface area contributed by atoms with E-state index < -0.39 is 0 Å². The summed E-state index contributed by atoms with van der Waals surface area (Å²) < 4.78 is 0. The maximum absolute atomic E-state index is 12.1. The number of para-hydroxylation sites is 1. The van der Waals surface area contributed by atoms with Crippen LogP contribution in [0.4, 0.5) is 5.69 Å².